The second-order valence-electron chi connectivity index (χ2n) is 9.23. The van der Waals surface area contributed by atoms with Crippen LogP contribution >= 0.6 is 0 Å². The van der Waals surface area contributed by atoms with Gasteiger partial charge in [-0.25, -0.2) is 0 Å². The lowest BCUT2D eigenvalue weighted by atomic mass is 9.91. The van der Waals surface area contributed by atoms with Crippen molar-refractivity contribution < 1.29 is 9.84 Å². The summed E-state index contributed by atoms with van der Waals surface area (Å²) in [5.41, 5.74) is 1.17. The first-order valence-electron chi connectivity index (χ1n) is 10.1. The highest BCUT2D eigenvalue weighted by molar-refractivity contribution is 5.37. The van der Waals surface area contributed by atoms with E-state index < -0.39 is 5.60 Å². The van der Waals surface area contributed by atoms with Crippen LogP contribution in [-0.4, -0.2) is 68.3 Å². The molecule has 4 heterocycles. The first-order chi connectivity index (χ1) is 12.8. The van der Waals surface area contributed by atoms with Crippen LogP contribution in [0, 0.1) is 0 Å². The van der Waals surface area contributed by atoms with Gasteiger partial charge in [0.15, 0.2) is 11.5 Å². The number of aliphatic hydroxyl groups is 1. The van der Waals surface area contributed by atoms with Crippen molar-refractivity contribution in [2.75, 3.05) is 32.8 Å². The van der Waals surface area contributed by atoms with Gasteiger partial charge in [-0.2, -0.15) is 9.61 Å². The molecule has 0 spiro atoms. The molecule has 2 saturated heterocycles. The SMILES string of the molecule is CC(C)(C)c1ccc2nnc(C3CCN(CC4(O)CCCOC4)CC3)n2n1. The maximum absolute atomic E-state index is 10.7. The van der Waals surface area contributed by atoms with Gasteiger partial charge in [-0.3, -0.25) is 0 Å². The fourth-order valence-electron chi connectivity index (χ4n) is 4.19. The summed E-state index contributed by atoms with van der Waals surface area (Å²) in [6.07, 6.45) is 3.81. The largest absolute Gasteiger partial charge is 0.386 e. The average Bonchev–Trinajstić information content (AvgIpc) is 3.05. The van der Waals surface area contributed by atoms with E-state index in [4.69, 9.17) is 9.84 Å². The molecule has 0 amide bonds. The minimum atomic E-state index is -0.685. The second kappa shape index (κ2) is 7.11. The highest BCUT2D eigenvalue weighted by Crippen LogP contribution is 2.29. The monoisotopic (exact) mass is 373 g/mol. The van der Waals surface area contributed by atoms with Crippen molar-refractivity contribution in [3.8, 4) is 0 Å². The molecule has 0 aromatic carbocycles. The lowest BCUT2D eigenvalue weighted by molar-refractivity contribution is -0.102. The Balaban J connectivity index is 1.45. The van der Waals surface area contributed by atoms with Crippen LogP contribution in [0.4, 0.5) is 0 Å². The predicted octanol–water partition coefficient (Wildman–Crippen LogP) is 2.14. The molecule has 0 aliphatic carbocycles. The number of ether oxygens (including phenoxy) is 1. The molecule has 4 rings (SSSR count). The molecule has 0 saturated carbocycles. The zero-order valence-electron chi connectivity index (χ0n) is 16.7. The van der Waals surface area contributed by atoms with Gasteiger partial charge in [-0.05, 0) is 50.9 Å². The summed E-state index contributed by atoms with van der Waals surface area (Å²) in [7, 11) is 0. The van der Waals surface area contributed by atoms with Crippen LogP contribution in [0.25, 0.3) is 5.65 Å². The Kier molecular flexibility index (Phi) is 4.94. The van der Waals surface area contributed by atoms with Gasteiger partial charge >= 0.3 is 0 Å². The summed E-state index contributed by atoms with van der Waals surface area (Å²) in [6.45, 7) is 10.4. The van der Waals surface area contributed by atoms with Gasteiger partial charge in [0.05, 0.1) is 12.3 Å². The first-order valence-corrected chi connectivity index (χ1v) is 10.1. The molecule has 1 N–H and O–H groups in total. The number of rotatable bonds is 3. The van der Waals surface area contributed by atoms with E-state index in [0.29, 0.717) is 19.1 Å². The quantitative estimate of drug-likeness (QED) is 0.888. The zero-order chi connectivity index (χ0) is 19.1. The minimum absolute atomic E-state index is 0.00337. The molecule has 1 atom stereocenters. The molecule has 7 nitrogen and oxygen atoms in total. The van der Waals surface area contributed by atoms with Crippen LogP contribution in [0.2, 0.25) is 0 Å². The van der Waals surface area contributed by atoms with Gasteiger partial charge in [0.2, 0.25) is 0 Å². The number of fused-ring (bicyclic) bond motifs is 1. The van der Waals surface area contributed by atoms with Gasteiger partial charge in [0.25, 0.3) is 0 Å². The van der Waals surface area contributed by atoms with Gasteiger partial charge in [0, 0.05) is 24.5 Å². The molecule has 7 heteroatoms. The molecule has 2 aromatic heterocycles. The predicted molar refractivity (Wildman–Crippen MR) is 103 cm³/mol. The molecule has 0 bridgehead atoms. The van der Waals surface area contributed by atoms with E-state index >= 15 is 0 Å². The normalized spacial score (nSPS) is 25.9. The van der Waals surface area contributed by atoms with E-state index in [1.165, 1.54) is 0 Å². The van der Waals surface area contributed by atoms with Crippen LogP contribution in [0.5, 0.6) is 0 Å². The van der Waals surface area contributed by atoms with Crippen molar-refractivity contribution in [2.45, 2.75) is 63.4 Å². The zero-order valence-corrected chi connectivity index (χ0v) is 16.7. The van der Waals surface area contributed by atoms with Crippen LogP contribution < -0.4 is 0 Å². The third-order valence-corrected chi connectivity index (χ3v) is 5.83. The lowest BCUT2D eigenvalue weighted by Gasteiger charge is -2.39. The average molecular weight is 374 g/mol. The highest BCUT2D eigenvalue weighted by atomic mass is 16.5. The van der Waals surface area contributed by atoms with E-state index in [1.54, 1.807) is 0 Å². The molecule has 2 aliphatic heterocycles. The summed E-state index contributed by atoms with van der Waals surface area (Å²) >= 11 is 0. The Labute approximate surface area is 160 Å². The molecule has 27 heavy (non-hydrogen) atoms. The third-order valence-electron chi connectivity index (χ3n) is 5.83. The minimum Gasteiger partial charge on any atom is -0.386 e. The number of likely N-dealkylation sites (tertiary alicyclic amines) is 1. The Morgan fingerprint density at radius 1 is 1.22 bits per heavy atom. The van der Waals surface area contributed by atoms with Crippen molar-refractivity contribution in [3.63, 3.8) is 0 Å². The maximum atomic E-state index is 10.7. The molecule has 148 valence electrons. The van der Waals surface area contributed by atoms with Gasteiger partial charge in [-0.1, -0.05) is 20.8 Å². The third kappa shape index (κ3) is 4.00. The number of hydrogen-bond donors (Lipinski definition) is 1. The molecule has 2 fully saturated rings. The fraction of sp³-hybridized carbons (Fsp3) is 0.750. The van der Waals surface area contributed by atoms with Crippen LogP contribution in [0.3, 0.4) is 0 Å². The highest BCUT2D eigenvalue weighted by Gasteiger charge is 2.34. The Bertz CT molecular complexity index is 783. The van der Waals surface area contributed by atoms with Gasteiger partial charge < -0.3 is 14.7 Å². The van der Waals surface area contributed by atoms with Crippen molar-refractivity contribution >= 4 is 5.65 Å². The molecular weight excluding hydrogens is 342 g/mol. The Morgan fingerprint density at radius 3 is 2.67 bits per heavy atom. The topological polar surface area (TPSA) is 75.8 Å². The number of nitrogens with zero attached hydrogens (tertiary/aromatic N) is 5. The smallest absolute Gasteiger partial charge is 0.177 e. The van der Waals surface area contributed by atoms with E-state index in [9.17, 15) is 5.11 Å². The second-order valence-corrected chi connectivity index (χ2v) is 9.23. The van der Waals surface area contributed by atoms with E-state index in [-0.39, 0.29) is 5.41 Å². The fourth-order valence-corrected chi connectivity index (χ4v) is 4.19. The summed E-state index contributed by atoms with van der Waals surface area (Å²) in [5.74, 6) is 1.33. The number of piperidine rings is 1. The number of β-amino-alcohol motifs (C(OH)–C–C–N with tert-alkyl or cyclic N) is 1. The van der Waals surface area contributed by atoms with Crippen LogP contribution in [-0.2, 0) is 10.2 Å². The van der Waals surface area contributed by atoms with Crippen molar-refractivity contribution in [1.29, 1.82) is 0 Å². The maximum Gasteiger partial charge on any atom is 0.177 e. The van der Waals surface area contributed by atoms with E-state index in [1.807, 2.05) is 16.6 Å². The van der Waals surface area contributed by atoms with E-state index in [0.717, 1.165) is 62.5 Å². The van der Waals surface area contributed by atoms with Crippen LogP contribution in [0.15, 0.2) is 12.1 Å². The summed E-state index contributed by atoms with van der Waals surface area (Å²) in [6, 6.07) is 4.06. The Hall–Kier alpha value is -1.57. The van der Waals surface area contributed by atoms with E-state index in [2.05, 4.69) is 35.9 Å². The standard InChI is InChI=1S/C20H31N5O2/c1-19(2,3)16-5-6-17-21-22-18(25(17)23-16)15-7-10-24(11-8-15)13-20(26)9-4-12-27-14-20/h5-6,15,26H,4,7-14H2,1-3H3. The Morgan fingerprint density at radius 2 is 2.00 bits per heavy atom. The molecule has 2 aliphatic rings. The van der Waals surface area contributed by atoms with Gasteiger partial charge in [-0.15, -0.1) is 10.2 Å². The first kappa shape index (κ1) is 18.8. The van der Waals surface area contributed by atoms with Crippen molar-refractivity contribution in [2.24, 2.45) is 0 Å². The molecule has 0 radical (unpaired) electrons. The van der Waals surface area contributed by atoms with Crippen molar-refractivity contribution in [3.05, 3.63) is 23.7 Å². The summed E-state index contributed by atoms with van der Waals surface area (Å²) < 4.78 is 7.42. The number of aromatic nitrogens is 4. The number of hydrogen-bond acceptors (Lipinski definition) is 6. The lowest BCUT2D eigenvalue weighted by Crippen LogP contribution is -2.50. The summed E-state index contributed by atoms with van der Waals surface area (Å²) in [4.78, 5) is 2.36. The van der Waals surface area contributed by atoms with Crippen molar-refractivity contribution in [1.82, 2.24) is 24.7 Å². The molecule has 2 aromatic rings. The van der Waals surface area contributed by atoms with Gasteiger partial charge in [0.1, 0.15) is 5.60 Å². The van der Waals surface area contributed by atoms with Crippen LogP contribution in [0.1, 0.15) is 63.9 Å². The summed E-state index contributed by atoms with van der Waals surface area (Å²) in [5, 5.41) is 24.3. The molecular formula is C20H31N5O2. The molecule has 1 unspecified atom stereocenters.